The van der Waals surface area contributed by atoms with Crippen molar-refractivity contribution in [1.29, 1.82) is 0 Å². The van der Waals surface area contributed by atoms with Crippen LogP contribution in [0.3, 0.4) is 0 Å². The van der Waals surface area contributed by atoms with Gasteiger partial charge in [0.15, 0.2) is 6.61 Å². The van der Waals surface area contributed by atoms with Crippen molar-refractivity contribution in [3.63, 3.8) is 0 Å². The summed E-state index contributed by atoms with van der Waals surface area (Å²) in [6.07, 6.45) is 1.74. The molecule has 0 aromatic heterocycles. The van der Waals surface area contributed by atoms with Crippen molar-refractivity contribution >= 4 is 43.7 Å². The molecule has 2 unspecified atom stereocenters. The highest BCUT2D eigenvalue weighted by molar-refractivity contribution is 9.10. The Morgan fingerprint density at radius 1 is 1.06 bits per heavy atom. The Balaban J connectivity index is 2.17. The maximum atomic E-state index is 13.1. The molecule has 0 bridgehead atoms. The molecule has 168 valence electrons. The van der Waals surface area contributed by atoms with Crippen molar-refractivity contribution in [2.24, 2.45) is 0 Å². The lowest BCUT2D eigenvalue weighted by molar-refractivity contribution is -0.142. The normalized spacial score (nSPS) is 12.7. The number of rotatable bonds is 10. The van der Waals surface area contributed by atoms with E-state index in [1.807, 2.05) is 56.3 Å². The van der Waals surface area contributed by atoms with E-state index in [9.17, 15) is 9.59 Å². The molecule has 7 heteroatoms. The molecule has 0 saturated heterocycles. The van der Waals surface area contributed by atoms with Crippen LogP contribution in [0.2, 0.25) is 0 Å². The Hall–Kier alpha value is -1.86. The molecular formula is C24H30Br2N2O3. The molecular weight excluding hydrogens is 524 g/mol. The molecule has 0 aliphatic heterocycles. The Morgan fingerprint density at radius 2 is 1.81 bits per heavy atom. The van der Waals surface area contributed by atoms with Crippen molar-refractivity contribution in [3.8, 4) is 5.75 Å². The van der Waals surface area contributed by atoms with Gasteiger partial charge in [0, 0.05) is 17.1 Å². The van der Waals surface area contributed by atoms with Crippen molar-refractivity contribution < 1.29 is 14.3 Å². The minimum Gasteiger partial charge on any atom is -0.483 e. The van der Waals surface area contributed by atoms with Crippen molar-refractivity contribution in [3.05, 3.63) is 62.5 Å². The quantitative estimate of drug-likeness (QED) is 0.423. The summed E-state index contributed by atoms with van der Waals surface area (Å²) in [6.45, 7) is 7.95. The summed E-state index contributed by atoms with van der Waals surface area (Å²) in [5.74, 6) is 0.175. The molecule has 31 heavy (non-hydrogen) atoms. The zero-order chi connectivity index (χ0) is 23.0. The van der Waals surface area contributed by atoms with Crippen molar-refractivity contribution in [2.45, 2.75) is 59.2 Å². The van der Waals surface area contributed by atoms with Gasteiger partial charge in [-0.1, -0.05) is 48.0 Å². The largest absolute Gasteiger partial charge is 0.483 e. The first kappa shape index (κ1) is 25.4. The SMILES string of the molecule is CCc1ccc(OCC(=O)N(Cc2cccc(Br)c2)C(C)C(=O)NC(C)CC)c(Br)c1. The van der Waals surface area contributed by atoms with Gasteiger partial charge in [0.1, 0.15) is 11.8 Å². The third-order valence-corrected chi connectivity index (χ3v) is 6.28. The molecule has 0 saturated carbocycles. The zero-order valence-corrected chi connectivity index (χ0v) is 21.6. The lowest BCUT2D eigenvalue weighted by Crippen LogP contribution is -2.50. The molecule has 2 amide bonds. The first-order valence-corrected chi connectivity index (χ1v) is 12.1. The maximum Gasteiger partial charge on any atom is 0.261 e. The van der Waals surface area contributed by atoms with Crippen molar-refractivity contribution in [1.82, 2.24) is 10.2 Å². The minimum absolute atomic E-state index is 0.0436. The predicted octanol–water partition coefficient (Wildman–Crippen LogP) is 5.48. The number of hydrogen-bond donors (Lipinski definition) is 1. The van der Waals surface area contributed by atoms with E-state index in [2.05, 4.69) is 44.1 Å². The van der Waals surface area contributed by atoms with Gasteiger partial charge < -0.3 is 15.0 Å². The average Bonchev–Trinajstić information content (AvgIpc) is 2.75. The summed E-state index contributed by atoms with van der Waals surface area (Å²) >= 11 is 6.97. The van der Waals surface area contributed by atoms with Gasteiger partial charge >= 0.3 is 0 Å². The number of halogens is 2. The van der Waals surface area contributed by atoms with Crippen LogP contribution in [-0.4, -0.2) is 35.4 Å². The van der Waals surface area contributed by atoms with Crippen LogP contribution in [0.25, 0.3) is 0 Å². The van der Waals surface area contributed by atoms with E-state index in [0.717, 1.165) is 27.4 Å². The Labute approximate surface area is 201 Å². The summed E-state index contributed by atoms with van der Waals surface area (Å²) in [5.41, 5.74) is 2.11. The Kier molecular flexibility index (Phi) is 10.0. The van der Waals surface area contributed by atoms with E-state index in [4.69, 9.17) is 4.74 Å². The van der Waals surface area contributed by atoms with Crippen molar-refractivity contribution in [2.75, 3.05) is 6.61 Å². The molecule has 1 N–H and O–H groups in total. The lowest BCUT2D eigenvalue weighted by Gasteiger charge is -2.29. The van der Waals surface area contributed by atoms with Gasteiger partial charge in [-0.15, -0.1) is 0 Å². The second-order valence-corrected chi connectivity index (χ2v) is 9.32. The van der Waals surface area contributed by atoms with Gasteiger partial charge in [0.05, 0.1) is 4.47 Å². The van der Waals surface area contributed by atoms with Crippen LogP contribution in [0.4, 0.5) is 0 Å². The standard InChI is InChI=1S/C24H30Br2N2O3/c1-5-16(3)27-24(30)17(4)28(14-19-8-7-9-20(25)12-19)23(29)15-31-22-11-10-18(6-2)13-21(22)26/h7-13,16-17H,5-6,14-15H2,1-4H3,(H,27,30). The number of carbonyl (C=O) groups is 2. The summed E-state index contributed by atoms with van der Waals surface area (Å²) in [6, 6.07) is 13.0. The lowest BCUT2D eigenvalue weighted by atomic mass is 10.1. The van der Waals surface area contributed by atoms with Crippen LogP contribution in [-0.2, 0) is 22.6 Å². The fraction of sp³-hybridized carbons (Fsp3) is 0.417. The van der Waals surface area contributed by atoms with Gasteiger partial charge in [-0.25, -0.2) is 0 Å². The monoisotopic (exact) mass is 552 g/mol. The maximum absolute atomic E-state index is 13.1. The van der Waals surface area contributed by atoms with Gasteiger partial charge in [-0.3, -0.25) is 9.59 Å². The zero-order valence-electron chi connectivity index (χ0n) is 18.5. The number of hydrogen-bond acceptors (Lipinski definition) is 3. The highest BCUT2D eigenvalue weighted by atomic mass is 79.9. The number of nitrogens with zero attached hydrogens (tertiary/aromatic N) is 1. The average molecular weight is 554 g/mol. The third kappa shape index (κ3) is 7.65. The first-order chi connectivity index (χ1) is 14.7. The minimum atomic E-state index is -0.630. The molecule has 2 aromatic rings. The van der Waals surface area contributed by atoms with Crippen LogP contribution >= 0.6 is 31.9 Å². The highest BCUT2D eigenvalue weighted by Gasteiger charge is 2.27. The second kappa shape index (κ2) is 12.2. The molecule has 0 aliphatic rings. The Morgan fingerprint density at radius 3 is 2.42 bits per heavy atom. The molecule has 0 aliphatic carbocycles. The van der Waals surface area contributed by atoms with E-state index in [0.29, 0.717) is 12.3 Å². The van der Waals surface area contributed by atoms with E-state index in [1.54, 1.807) is 11.8 Å². The highest BCUT2D eigenvalue weighted by Crippen LogP contribution is 2.26. The number of benzene rings is 2. The topological polar surface area (TPSA) is 58.6 Å². The van der Waals surface area contributed by atoms with Crippen LogP contribution in [0, 0.1) is 0 Å². The number of aryl methyl sites for hydroxylation is 1. The fourth-order valence-corrected chi connectivity index (χ4v) is 3.97. The van der Waals surface area contributed by atoms with E-state index in [-0.39, 0.29) is 24.5 Å². The Bertz CT molecular complexity index is 904. The van der Waals surface area contributed by atoms with E-state index < -0.39 is 6.04 Å². The van der Waals surface area contributed by atoms with Crippen LogP contribution in [0.5, 0.6) is 5.75 Å². The van der Waals surface area contributed by atoms with E-state index in [1.165, 1.54) is 5.56 Å². The predicted molar refractivity (Wildman–Crippen MR) is 131 cm³/mol. The molecule has 0 fully saturated rings. The molecule has 0 radical (unpaired) electrons. The molecule has 2 atom stereocenters. The van der Waals surface area contributed by atoms with Gasteiger partial charge in [0.2, 0.25) is 5.91 Å². The smallest absolute Gasteiger partial charge is 0.261 e. The van der Waals surface area contributed by atoms with Gasteiger partial charge in [-0.05, 0) is 78.0 Å². The summed E-state index contributed by atoms with van der Waals surface area (Å²) < 4.78 is 7.52. The van der Waals surface area contributed by atoms with Crippen LogP contribution in [0.1, 0.15) is 45.2 Å². The van der Waals surface area contributed by atoms with Gasteiger partial charge in [-0.2, -0.15) is 0 Å². The van der Waals surface area contributed by atoms with Gasteiger partial charge in [0.25, 0.3) is 5.91 Å². The summed E-state index contributed by atoms with van der Waals surface area (Å²) in [7, 11) is 0. The second-order valence-electron chi connectivity index (χ2n) is 7.55. The number of nitrogens with one attached hydrogen (secondary N) is 1. The molecule has 2 rings (SSSR count). The van der Waals surface area contributed by atoms with E-state index >= 15 is 0 Å². The third-order valence-electron chi connectivity index (χ3n) is 5.17. The number of ether oxygens (including phenoxy) is 1. The number of carbonyl (C=O) groups excluding carboxylic acids is 2. The van der Waals surface area contributed by atoms with Crippen LogP contribution in [0.15, 0.2) is 51.4 Å². The van der Waals surface area contributed by atoms with Crippen LogP contribution < -0.4 is 10.1 Å². The molecule has 0 spiro atoms. The summed E-state index contributed by atoms with van der Waals surface area (Å²) in [5, 5.41) is 2.97. The molecule has 2 aromatic carbocycles. The number of amides is 2. The molecule has 5 nitrogen and oxygen atoms in total. The fourth-order valence-electron chi connectivity index (χ4n) is 2.98. The molecule has 0 heterocycles. The first-order valence-electron chi connectivity index (χ1n) is 10.5. The summed E-state index contributed by atoms with van der Waals surface area (Å²) in [4.78, 5) is 27.5.